The van der Waals surface area contributed by atoms with E-state index in [1.807, 2.05) is 0 Å². The van der Waals surface area contributed by atoms with Gasteiger partial charge in [0, 0.05) is 29.7 Å². The van der Waals surface area contributed by atoms with Gasteiger partial charge in [0.2, 0.25) is 10.0 Å². The molecule has 2 rings (SSSR count). The van der Waals surface area contributed by atoms with Gasteiger partial charge < -0.3 is 9.84 Å². The molecule has 0 aromatic heterocycles. The molecule has 0 saturated carbocycles. The first-order valence-corrected chi connectivity index (χ1v) is 9.36. The zero-order valence-corrected chi connectivity index (χ0v) is 15.3. The lowest BCUT2D eigenvalue weighted by Crippen LogP contribution is -2.49. The summed E-state index contributed by atoms with van der Waals surface area (Å²) in [6.07, 6.45) is -0.410. The van der Waals surface area contributed by atoms with Gasteiger partial charge in [-0.25, -0.2) is 8.42 Å². The number of sulfonamides is 1. The van der Waals surface area contributed by atoms with Crippen LogP contribution in [0.3, 0.4) is 0 Å². The molecule has 1 aliphatic heterocycles. The lowest BCUT2D eigenvalue weighted by molar-refractivity contribution is -0.138. The van der Waals surface area contributed by atoms with Crippen LogP contribution in [0, 0.1) is 0 Å². The van der Waals surface area contributed by atoms with Crippen LogP contribution in [0.1, 0.15) is 0 Å². The predicted octanol–water partition coefficient (Wildman–Crippen LogP) is 1.40. The molecule has 134 valence electrons. The van der Waals surface area contributed by atoms with E-state index in [1.165, 1.54) is 22.5 Å². The van der Waals surface area contributed by atoms with Crippen molar-refractivity contribution >= 4 is 39.2 Å². The lowest BCUT2D eigenvalue weighted by Gasteiger charge is -2.33. The highest BCUT2D eigenvalue weighted by molar-refractivity contribution is 7.89. The molecule has 0 bridgehead atoms. The molecule has 1 atom stereocenters. The topological polar surface area (TPSA) is 87.2 Å². The predicted molar refractivity (Wildman–Crippen MR) is 90.1 cm³/mol. The number of benzene rings is 1. The Morgan fingerprint density at radius 3 is 2.58 bits per heavy atom. The van der Waals surface area contributed by atoms with Crippen molar-refractivity contribution in [2.75, 3.05) is 39.8 Å². The average molecular weight is 397 g/mol. The Morgan fingerprint density at radius 2 is 2.00 bits per heavy atom. The molecule has 0 aliphatic carbocycles. The first-order valence-electron chi connectivity index (χ1n) is 7.16. The number of morpholine rings is 1. The van der Waals surface area contributed by atoms with Crippen LogP contribution < -0.4 is 0 Å². The van der Waals surface area contributed by atoms with E-state index in [0.717, 1.165) is 0 Å². The smallest absolute Gasteiger partial charge is 0.317 e. The molecule has 10 heteroatoms. The summed E-state index contributed by atoms with van der Waals surface area (Å²) in [5.41, 5.74) is 0. The number of rotatable bonds is 6. The molecule has 1 heterocycles. The van der Waals surface area contributed by atoms with E-state index in [4.69, 9.17) is 33.0 Å². The maximum Gasteiger partial charge on any atom is 0.317 e. The Morgan fingerprint density at radius 1 is 1.38 bits per heavy atom. The van der Waals surface area contributed by atoms with Gasteiger partial charge in [-0.3, -0.25) is 9.69 Å². The van der Waals surface area contributed by atoms with Crippen molar-refractivity contribution in [2.24, 2.45) is 0 Å². The molecule has 1 saturated heterocycles. The number of carboxylic acid groups (broad SMARTS) is 1. The first kappa shape index (κ1) is 19.4. The summed E-state index contributed by atoms with van der Waals surface area (Å²) in [4.78, 5) is 12.3. The van der Waals surface area contributed by atoms with Crippen molar-refractivity contribution in [2.45, 2.75) is 11.0 Å². The number of aliphatic carboxylic acids is 1. The van der Waals surface area contributed by atoms with E-state index in [0.29, 0.717) is 6.54 Å². The third kappa shape index (κ3) is 5.05. The minimum absolute atomic E-state index is 0.0274. The lowest BCUT2D eigenvalue weighted by atomic mass is 10.3. The molecule has 0 radical (unpaired) electrons. The number of carboxylic acids is 1. The van der Waals surface area contributed by atoms with E-state index < -0.39 is 22.1 Å². The number of nitrogens with zero attached hydrogens (tertiary/aromatic N) is 2. The zero-order valence-electron chi connectivity index (χ0n) is 13.0. The number of hydrogen-bond donors (Lipinski definition) is 1. The molecule has 0 amide bonds. The van der Waals surface area contributed by atoms with Gasteiger partial charge >= 0.3 is 5.97 Å². The minimum Gasteiger partial charge on any atom is -0.480 e. The van der Waals surface area contributed by atoms with Crippen molar-refractivity contribution < 1.29 is 23.1 Å². The van der Waals surface area contributed by atoms with Gasteiger partial charge in [0.25, 0.3) is 0 Å². The Bertz CT molecular complexity index is 693. The van der Waals surface area contributed by atoms with Crippen LogP contribution in [0.15, 0.2) is 23.1 Å². The van der Waals surface area contributed by atoms with Crippen LogP contribution >= 0.6 is 23.2 Å². The van der Waals surface area contributed by atoms with Crippen LogP contribution in [0.5, 0.6) is 0 Å². The molecule has 1 aromatic rings. The van der Waals surface area contributed by atoms with Gasteiger partial charge in [-0.2, -0.15) is 4.31 Å². The molecule has 0 spiro atoms. The van der Waals surface area contributed by atoms with Gasteiger partial charge in [-0.05, 0) is 25.2 Å². The number of carbonyl (C=O) groups is 1. The highest BCUT2D eigenvalue weighted by atomic mass is 35.5. The van der Waals surface area contributed by atoms with E-state index in [9.17, 15) is 13.2 Å². The zero-order chi connectivity index (χ0) is 17.9. The Labute approximate surface area is 150 Å². The largest absolute Gasteiger partial charge is 0.480 e. The standard InChI is InChI=1S/C14H18Cl2N2O5S/c1-17(9-14(19)20)7-12-8-18(2-3-23-12)24(21,22)13-5-10(15)4-11(16)6-13/h4-6,12H,2-3,7-9H2,1H3,(H,19,20). The summed E-state index contributed by atoms with van der Waals surface area (Å²) >= 11 is 11.8. The van der Waals surface area contributed by atoms with Crippen molar-refractivity contribution in [3.63, 3.8) is 0 Å². The molecule has 1 fully saturated rings. The van der Waals surface area contributed by atoms with Crippen LogP contribution in [-0.2, 0) is 19.6 Å². The fraction of sp³-hybridized carbons (Fsp3) is 0.500. The van der Waals surface area contributed by atoms with Gasteiger partial charge in [0.05, 0.1) is 24.2 Å². The number of halogens is 2. The van der Waals surface area contributed by atoms with E-state index in [1.54, 1.807) is 11.9 Å². The maximum atomic E-state index is 12.7. The van der Waals surface area contributed by atoms with Crippen LogP contribution in [0.2, 0.25) is 10.0 Å². The summed E-state index contributed by atoms with van der Waals surface area (Å²) in [5, 5.41) is 9.27. The first-order chi connectivity index (χ1) is 11.2. The fourth-order valence-corrected chi connectivity index (χ4v) is 4.67. The SMILES string of the molecule is CN(CC(=O)O)CC1CN(S(=O)(=O)c2cc(Cl)cc(Cl)c2)CCO1. The second-order valence-corrected chi connectivity index (χ2v) is 8.36. The van der Waals surface area contributed by atoms with E-state index in [-0.39, 0.29) is 41.2 Å². The second-order valence-electron chi connectivity index (χ2n) is 5.55. The van der Waals surface area contributed by atoms with Crippen molar-refractivity contribution in [3.8, 4) is 0 Å². The molecule has 1 N–H and O–H groups in total. The van der Waals surface area contributed by atoms with Crippen molar-refractivity contribution in [1.29, 1.82) is 0 Å². The molecular weight excluding hydrogens is 379 g/mol. The number of ether oxygens (including phenoxy) is 1. The third-order valence-corrected chi connectivity index (χ3v) is 5.78. The van der Waals surface area contributed by atoms with Gasteiger partial charge in [-0.15, -0.1) is 0 Å². The molecule has 1 aliphatic rings. The Kier molecular flexibility index (Phi) is 6.46. The number of likely N-dealkylation sites (N-methyl/N-ethyl adjacent to an activating group) is 1. The molecule has 24 heavy (non-hydrogen) atoms. The van der Waals surface area contributed by atoms with Crippen LogP contribution in [0.25, 0.3) is 0 Å². The van der Waals surface area contributed by atoms with E-state index >= 15 is 0 Å². The summed E-state index contributed by atoms with van der Waals surface area (Å²) in [7, 11) is -2.11. The Hall–Kier alpha value is -0.900. The average Bonchev–Trinajstić information content (AvgIpc) is 2.45. The minimum atomic E-state index is -3.75. The molecule has 7 nitrogen and oxygen atoms in total. The summed E-state index contributed by atoms with van der Waals surface area (Å²) < 4.78 is 32.3. The highest BCUT2D eigenvalue weighted by Crippen LogP contribution is 2.26. The van der Waals surface area contributed by atoms with Crippen molar-refractivity contribution in [3.05, 3.63) is 28.2 Å². The molecular formula is C14H18Cl2N2O5S. The monoisotopic (exact) mass is 396 g/mol. The summed E-state index contributed by atoms with van der Waals surface area (Å²) in [6, 6.07) is 4.17. The highest BCUT2D eigenvalue weighted by Gasteiger charge is 2.31. The van der Waals surface area contributed by atoms with Crippen LogP contribution in [0.4, 0.5) is 0 Å². The maximum absolute atomic E-state index is 12.7. The van der Waals surface area contributed by atoms with Crippen LogP contribution in [-0.4, -0.2) is 74.6 Å². The quantitative estimate of drug-likeness (QED) is 0.781. The van der Waals surface area contributed by atoms with Gasteiger partial charge in [0.15, 0.2) is 0 Å². The van der Waals surface area contributed by atoms with E-state index in [2.05, 4.69) is 0 Å². The normalized spacial score (nSPS) is 19.6. The third-order valence-electron chi connectivity index (χ3n) is 3.50. The van der Waals surface area contributed by atoms with Gasteiger partial charge in [0.1, 0.15) is 0 Å². The Balaban J connectivity index is 2.11. The van der Waals surface area contributed by atoms with Crippen molar-refractivity contribution in [1.82, 2.24) is 9.21 Å². The molecule has 1 unspecified atom stereocenters. The molecule has 1 aromatic carbocycles. The fourth-order valence-electron chi connectivity index (χ4n) is 2.49. The van der Waals surface area contributed by atoms with Gasteiger partial charge in [-0.1, -0.05) is 23.2 Å². The second kappa shape index (κ2) is 7.99. The number of hydrogen-bond acceptors (Lipinski definition) is 5. The summed E-state index contributed by atoms with van der Waals surface area (Å²) in [6.45, 7) is 0.756. The summed E-state index contributed by atoms with van der Waals surface area (Å²) in [5.74, 6) is -0.952.